The zero-order valence-electron chi connectivity index (χ0n) is 13.2. The van der Waals surface area contributed by atoms with Crippen LogP contribution in [0.3, 0.4) is 0 Å². The van der Waals surface area contributed by atoms with Crippen molar-refractivity contribution in [2.24, 2.45) is 0 Å². The molecule has 0 saturated carbocycles. The maximum Gasteiger partial charge on any atom is 0.0643 e. The van der Waals surface area contributed by atoms with Crippen molar-refractivity contribution in [3.63, 3.8) is 0 Å². The van der Waals surface area contributed by atoms with Gasteiger partial charge in [0.15, 0.2) is 0 Å². The van der Waals surface area contributed by atoms with Crippen LogP contribution in [0.25, 0.3) is 0 Å². The number of rotatable bonds is 6. The van der Waals surface area contributed by atoms with Crippen molar-refractivity contribution in [3.05, 3.63) is 52.3 Å². The minimum Gasteiger partial charge on any atom is -0.313 e. The van der Waals surface area contributed by atoms with Gasteiger partial charge in [-0.05, 0) is 44.5 Å². The third-order valence-corrected chi connectivity index (χ3v) is 4.58. The second-order valence-electron chi connectivity index (χ2n) is 5.57. The average Bonchev–Trinajstić information content (AvgIpc) is 2.95. The van der Waals surface area contributed by atoms with Gasteiger partial charge in [0.2, 0.25) is 0 Å². The number of nitrogens with zero attached hydrogens (tertiary/aromatic N) is 2. The van der Waals surface area contributed by atoms with Crippen LogP contribution >= 0.6 is 11.6 Å². The molecule has 4 heteroatoms. The van der Waals surface area contributed by atoms with Gasteiger partial charge in [-0.2, -0.15) is 5.10 Å². The van der Waals surface area contributed by atoms with Crippen LogP contribution in [-0.4, -0.2) is 16.8 Å². The quantitative estimate of drug-likeness (QED) is 0.861. The minimum atomic E-state index is 0.178. The third kappa shape index (κ3) is 3.66. The highest BCUT2D eigenvalue weighted by atomic mass is 35.5. The summed E-state index contributed by atoms with van der Waals surface area (Å²) in [5.74, 6) is 0. The van der Waals surface area contributed by atoms with Gasteiger partial charge in [-0.25, -0.2) is 0 Å². The van der Waals surface area contributed by atoms with Crippen LogP contribution in [-0.2, 0) is 6.42 Å². The van der Waals surface area contributed by atoms with E-state index in [0.717, 1.165) is 34.7 Å². The molecule has 1 N–H and O–H groups in total. The smallest absolute Gasteiger partial charge is 0.0643 e. The second kappa shape index (κ2) is 7.10. The summed E-state index contributed by atoms with van der Waals surface area (Å²) in [4.78, 5) is 0. The van der Waals surface area contributed by atoms with Gasteiger partial charge in [0.25, 0.3) is 0 Å². The van der Waals surface area contributed by atoms with E-state index in [0.29, 0.717) is 6.04 Å². The first-order chi connectivity index (χ1) is 10.1. The Morgan fingerprint density at radius 2 is 2.10 bits per heavy atom. The highest BCUT2D eigenvalue weighted by Crippen LogP contribution is 2.28. The molecule has 114 valence electrons. The molecule has 0 aliphatic rings. The molecule has 0 aliphatic heterocycles. The molecule has 0 bridgehead atoms. The lowest BCUT2D eigenvalue weighted by atomic mass is 10.0. The number of hydrogen-bond acceptors (Lipinski definition) is 2. The predicted molar refractivity (Wildman–Crippen MR) is 88.9 cm³/mol. The number of hydrogen-bond donors (Lipinski definition) is 1. The molecular formula is C17H24ClN3. The van der Waals surface area contributed by atoms with E-state index >= 15 is 0 Å². The number of aryl methyl sites for hydroxylation is 1. The van der Waals surface area contributed by atoms with Gasteiger partial charge in [-0.15, -0.1) is 0 Å². The Labute approximate surface area is 132 Å². The molecule has 2 atom stereocenters. The average molecular weight is 306 g/mol. The van der Waals surface area contributed by atoms with Crippen molar-refractivity contribution in [3.8, 4) is 0 Å². The minimum absolute atomic E-state index is 0.178. The van der Waals surface area contributed by atoms with E-state index < -0.39 is 0 Å². The Balaban J connectivity index is 2.19. The van der Waals surface area contributed by atoms with Crippen LogP contribution in [0.5, 0.6) is 0 Å². The van der Waals surface area contributed by atoms with Crippen LogP contribution in [0.1, 0.15) is 49.2 Å². The molecular weight excluding hydrogens is 282 g/mol. The van der Waals surface area contributed by atoms with Crippen molar-refractivity contribution in [2.75, 3.05) is 7.05 Å². The van der Waals surface area contributed by atoms with Gasteiger partial charge < -0.3 is 5.32 Å². The number of halogens is 1. The van der Waals surface area contributed by atoms with Crippen LogP contribution in [0.4, 0.5) is 0 Å². The van der Waals surface area contributed by atoms with Gasteiger partial charge in [0.1, 0.15) is 0 Å². The Hall–Kier alpha value is -1.32. The largest absolute Gasteiger partial charge is 0.313 e. The summed E-state index contributed by atoms with van der Waals surface area (Å²) in [5, 5.41) is 8.88. The van der Waals surface area contributed by atoms with Crippen molar-refractivity contribution >= 4 is 11.6 Å². The van der Waals surface area contributed by atoms with Crippen LogP contribution in [0, 0.1) is 6.92 Å². The number of benzene rings is 1. The van der Waals surface area contributed by atoms with Crippen LogP contribution in [0.15, 0.2) is 30.5 Å². The summed E-state index contributed by atoms with van der Waals surface area (Å²) < 4.78 is 2.04. The Morgan fingerprint density at radius 1 is 1.33 bits per heavy atom. The van der Waals surface area contributed by atoms with Crippen LogP contribution in [0.2, 0.25) is 5.02 Å². The van der Waals surface area contributed by atoms with Crippen molar-refractivity contribution in [1.29, 1.82) is 0 Å². The zero-order chi connectivity index (χ0) is 15.4. The van der Waals surface area contributed by atoms with Gasteiger partial charge in [0.05, 0.1) is 5.69 Å². The van der Waals surface area contributed by atoms with Crippen LogP contribution < -0.4 is 5.32 Å². The van der Waals surface area contributed by atoms with E-state index in [-0.39, 0.29) is 6.04 Å². The maximum absolute atomic E-state index is 6.45. The van der Waals surface area contributed by atoms with E-state index in [9.17, 15) is 0 Å². The standard InChI is InChI=1S/C17H24ClN3/c1-5-13(3)21-10-9-14(20-21)11-16(19-4)15-8-6-7-12(2)17(15)18/h6-10,13,16,19H,5,11H2,1-4H3. The molecule has 1 aromatic heterocycles. The summed E-state index contributed by atoms with van der Waals surface area (Å²) >= 11 is 6.45. The van der Waals surface area contributed by atoms with E-state index in [1.807, 2.05) is 24.7 Å². The van der Waals surface area contributed by atoms with E-state index in [2.05, 4.69) is 48.7 Å². The number of aromatic nitrogens is 2. The summed E-state index contributed by atoms with van der Waals surface area (Å²) in [6, 6.07) is 8.89. The predicted octanol–water partition coefficient (Wildman–Crippen LogP) is 4.32. The fourth-order valence-electron chi connectivity index (χ4n) is 2.43. The first kappa shape index (κ1) is 16.1. The first-order valence-electron chi connectivity index (χ1n) is 7.53. The van der Waals surface area contributed by atoms with Gasteiger partial charge in [-0.1, -0.05) is 36.7 Å². The lowest BCUT2D eigenvalue weighted by molar-refractivity contribution is 0.469. The molecule has 1 heterocycles. The number of likely N-dealkylation sites (N-methyl/N-ethyl adjacent to an activating group) is 1. The van der Waals surface area contributed by atoms with Gasteiger partial charge in [-0.3, -0.25) is 4.68 Å². The first-order valence-corrected chi connectivity index (χ1v) is 7.90. The monoisotopic (exact) mass is 305 g/mol. The molecule has 1 aromatic carbocycles. The summed E-state index contributed by atoms with van der Waals surface area (Å²) in [5.41, 5.74) is 3.34. The molecule has 0 aliphatic carbocycles. The Morgan fingerprint density at radius 3 is 2.76 bits per heavy atom. The SMILES string of the molecule is CCC(C)n1ccc(CC(NC)c2cccc(C)c2Cl)n1. The summed E-state index contributed by atoms with van der Waals surface area (Å²) in [6.45, 7) is 6.40. The van der Waals surface area contributed by atoms with Gasteiger partial charge in [0, 0.05) is 29.7 Å². The molecule has 0 spiro atoms. The van der Waals surface area contributed by atoms with E-state index in [1.54, 1.807) is 0 Å². The molecule has 0 amide bonds. The fraction of sp³-hybridized carbons (Fsp3) is 0.471. The molecule has 0 saturated heterocycles. The van der Waals surface area contributed by atoms with Crippen molar-refractivity contribution in [2.45, 2.75) is 45.7 Å². The highest BCUT2D eigenvalue weighted by Gasteiger charge is 2.16. The Bertz CT molecular complexity index is 591. The molecule has 3 nitrogen and oxygen atoms in total. The summed E-state index contributed by atoms with van der Waals surface area (Å²) in [6.07, 6.45) is 3.98. The fourth-order valence-corrected chi connectivity index (χ4v) is 2.69. The lowest BCUT2D eigenvalue weighted by Crippen LogP contribution is -2.20. The van der Waals surface area contributed by atoms with Crippen molar-refractivity contribution < 1.29 is 0 Å². The third-order valence-electron chi connectivity index (χ3n) is 4.06. The molecule has 21 heavy (non-hydrogen) atoms. The maximum atomic E-state index is 6.45. The van der Waals surface area contributed by atoms with E-state index in [1.165, 1.54) is 0 Å². The summed E-state index contributed by atoms with van der Waals surface area (Å²) in [7, 11) is 1.97. The van der Waals surface area contributed by atoms with Gasteiger partial charge >= 0.3 is 0 Å². The molecule has 0 fully saturated rings. The molecule has 2 aromatic rings. The normalized spacial score (nSPS) is 14.1. The zero-order valence-corrected chi connectivity index (χ0v) is 14.0. The molecule has 0 radical (unpaired) electrons. The van der Waals surface area contributed by atoms with Crippen molar-refractivity contribution in [1.82, 2.24) is 15.1 Å². The van der Waals surface area contributed by atoms with E-state index in [4.69, 9.17) is 11.6 Å². The molecule has 2 rings (SSSR count). The second-order valence-corrected chi connectivity index (χ2v) is 5.95. The Kier molecular flexibility index (Phi) is 5.43. The topological polar surface area (TPSA) is 29.9 Å². The lowest BCUT2D eigenvalue weighted by Gasteiger charge is -2.18. The highest BCUT2D eigenvalue weighted by molar-refractivity contribution is 6.32. The number of nitrogens with one attached hydrogen (secondary N) is 1. The molecule has 2 unspecified atom stereocenters.